The average Bonchev–Trinajstić information content (AvgIpc) is 2.48. The van der Waals surface area contributed by atoms with Crippen molar-refractivity contribution in [1.29, 1.82) is 0 Å². The van der Waals surface area contributed by atoms with Crippen LogP contribution in [0.25, 0.3) is 0 Å². The Morgan fingerprint density at radius 2 is 2.00 bits per heavy atom. The van der Waals surface area contributed by atoms with Crippen molar-refractivity contribution in [1.82, 2.24) is 5.32 Å². The van der Waals surface area contributed by atoms with Crippen molar-refractivity contribution >= 4 is 34.5 Å². The van der Waals surface area contributed by atoms with Crippen LogP contribution in [0.4, 0.5) is 0 Å². The molecule has 1 amide bonds. The first kappa shape index (κ1) is 16.3. The van der Waals surface area contributed by atoms with Crippen LogP contribution in [0.15, 0.2) is 18.2 Å². The second-order valence-electron chi connectivity index (χ2n) is 5.46. The predicted molar refractivity (Wildman–Crippen MR) is 89.2 cm³/mol. The van der Waals surface area contributed by atoms with Crippen molar-refractivity contribution in [3.8, 4) is 0 Å². The van der Waals surface area contributed by atoms with E-state index in [1.165, 1.54) is 6.42 Å². The summed E-state index contributed by atoms with van der Waals surface area (Å²) in [4.78, 5) is 23.8. The summed E-state index contributed by atoms with van der Waals surface area (Å²) in [6.45, 7) is 1.71. The van der Waals surface area contributed by atoms with E-state index in [1.807, 2.05) is 19.1 Å². The maximum atomic E-state index is 12.0. The van der Waals surface area contributed by atoms with E-state index in [0.29, 0.717) is 5.56 Å². The third-order valence-corrected chi connectivity index (χ3v) is 4.59. The molecule has 0 unspecified atom stereocenters. The smallest absolute Gasteiger partial charge is 0.339 e. The number of ether oxygens (including phenoxy) is 1. The fraction of sp³-hybridized carbons (Fsp3) is 0.500. The Hall–Kier alpha value is -1.11. The molecule has 0 radical (unpaired) electrons. The van der Waals surface area contributed by atoms with Crippen LogP contribution in [0, 0.1) is 10.5 Å². The van der Waals surface area contributed by atoms with E-state index in [9.17, 15) is 9.59 Å². The first-order valence-electron chi connectivity index (χ1n) is 7.29. The summed E-state index contributed by atoms with van der Waals surface area (Å²) in [5.74, 6) is -0.653. The van der Waals surface area contributed by atoms with Crippen LogP contribution < -0.4 is 5.32 Å². The van der Waals surface area contributed by atoms with Gasteiger partial charge >= 0.3 is 5.97 Å². The first-order valence-corrected chi connectivity index (χ1v) is 8.37. The fourth-order valence-electron chi connectivity index (χ4n) is 2.52. The number of esters is 1. The largest absolute Gasteiger partial charge is 0.452 e. The van der Waals surface area contributed by atoms with E-state index < -0.39 is 5.97 Å². The molecule has 0 atom stereocenters. The fourth-order valence-corrected chi connectivity index (χ4v) is 3.08. The Bertz CT molecular complexity index is 524. The van der Waals surface area contributed by atoms with E-state index in [1.54, 1.807) is 6.07 Å². The van der Waals surface area contributed by atoms with Gasteiger partial charge in [0.15, 0.2) is 6.61 Å². The molecule has 1 saturated carbocycles. The summed E-state index contributed by atoms with van der Waals surface area (Å²) in [7, 11) is 0. The highest BCUT2D eigenvalue weighted by Crippen LogP contribution is 2.17. The summed E-state index contributed by atoms with van der Waals surface area (Å²) in [6.07, 6.45) is 5.61. The number of rotatable bonds is 4. The summed E-state index contributed by atoms with van der Waals surface area (Å²) >= 11 is 2.09. The van der Waals surface area contributed by atoms with Crippen molar-refractivity contribution in [2.24, 2.45) is 0 Å². The number of hydrogen-bond acceptors (Lipinski definition) is 3. The maximum Gasteiger partial charge on any atom is 0.339 e. The molecule has 114 valence electrons. The standard InChI is InChI=1S/C16H20INO3/c1-11-7-8-14(17)13(9-11)16(20)21-10-15(19)18-12-5-3-2-4-6-12/h7-9,12H,2-6,10H2,1H3,(H,18,19). The van der Waals surface area contributed by atoms with Gasteiger partial charge in [-0.25, -0.2) is 4.79 Å². The molecule has 0 heterocycles. The number of aryl methyl sites for hydroxylation is 1. The molecule has 1 aliphatic carbocycles. The molecule has 0 saturated heterocycles. The molecule has 0 aliphatic heterocycles. The second kappa shape index (κ2) is 7.77. The molecular weight excluding hydrogens is 381 g/mol. The van der Waals surface area contributed by atoms with Crippen LogP contribution in [0.1, 0.15) is 48.0 Å². The van der Waals surface area contributed by atoms with Crippen molar-refractivity contribution in [2.45, 2.75) is 45.1 Å². The van der Waals surface area contributed by atoms with Crippen molar-refractivity contribution in [3.63, 3.8) is 0 Å². The molecule has 1 aromatic rings. The third-order valence-electron chi connectivity index (χ3n) is 3.65. The van der Waals surface area contributed by atoms with Gasteiger partial charge in [0.1, 0.15) is 0 Å². The molecule has 4 nitrogen and oxygen atoms in total. The van der Waals surface area contributed by atoms with E-state index in [0.717, 1.165) is 34.8 Å². The highest BCUT2D eigenvalue weighted by atomic mass is 127. The lowest BCUT2D eigenvalue weighted by molar-refractivity contribution is -0.125. The minimum absolute atomic E-state index is 0.209. The van der Waals surface area contributed by atoms with Crippen molar-refractivity contribution in [3.05, 3.63) is 32.9 Å². The van der Waals surface area contributed by atoms with E-state index >= 15 is 0 Å². The number of halogens is 1. The zero-order valence-corrected chi connectivity index (χ0v) is 14.3. The monoisotopic (exact) mass is 401 g/mol. The number of carbonyl (C=O) groups is 2. The summed E-state index contributed by atoms with van der Waals surface area (Å²) < 4.78 is 5.94. The summed E-state index contributed by atoms with van der Waals surface area (Å²) in [6, 6.07) is 5.83. The van der Waals surface area contributed by atoms with Crippen molar-refractivity contribution in [2.75, 3.05) is 6.61 Å². The Balaban J connectivity index is 1.82. The van der Waals surface area contributed by atoms with Crippen LogP contribution in [-0.2, 0) is 9.53 Å². The molecule has 2 rings (SSSR count). The minimum Gasteiger partial charge on any atom is -0.452 e. The minimum atomic E-state index is -0.443. The van der Waals surface area contributed by atoms with Crippen LogP contribution in [0.5, 0.6) is 0 Å². The first-order chi connectivity index (χ1) is 10.1. The van der Waals surface area contributed by atoms with Gasteiger partial charge in [0.2, 0.25) is 0 Å². The molecular formula is C16H20INO3. The highest BCUT2D eigenvalue weighted by molar-refractivity contribution is 14.1. The molecule has 0 spiro atoms. The predicted octanol–water partition coefficient (Wildman–Crippen LogP) is 3.21. The zero-order chi connectivity index (χ0) is 15.2. The van der Waals surface area contributed by atoms with Gasteiger partial charge in [-0.2, -0.15) is 0 Å². The van der Waals surface area contributed by atoms with Gasteiger partial charge < -0.3 is 10.1 Å². The van der Waals surface area contributed by atoms with Crippen LogP contribution in [0.2, 0.25) is 0 Å². The van der Waals surface area contributed by atoms with Crippen LogP contribution in [-0.4, -0.2) is 24.5 Å². The molecule has 5 heteroatoms. The van der Waals surface area contributed by atoms with Crippen LogP contribution >= 0.6 is 22.6 Å². The molecule has 1 N–H and O–H groups in total. The normalized spacial score (nSPS) is 15.5. The highest BCUT2D eigenvalue weighted by Gasteiger charge is 2.17. The Kier molecular flexibility index (Phi) is 6.02. The SMILES string of the molecule is Cc1ccc(I)c(C(=O)OCC(=O)NC2CCCCC2)c1. The van der Waals surface area contributed by atoms with E-state index in [-0.39, 0.29) is 18.6 Å². The summed E-state index contributed by atoms with van der Waals surface area (Å²) in [5.41, 5.74) is 1.51. The van der Waals surface area contributed by atoms with E-state index in [2.05, 4.69) is 27.9 Å². The number of benzene rings is 1. The number of nitrogens with one attached hydrogen (secondary N) is 1. The van der Waals surface area contributed by atoms with Crippen LogP contribution in [0.3, 0.4) is 0 Å². The number of amides is 1. The Morgan fingerprint density at radius 3 is 2.71 bits per heavy atom. The number of carbonyl (C=O) groups excluding carboxylic acids is 2. The van der Waals surface area contributed by atoms with Gasteiger partial charge in [0.05, 0.1) is 5.56 Å². The molecule has 21 heavy (non-hydrogen) atoms. The van der Waals surface area contributed by atoms with Gasteiger partial charge in [-0.05, 0) is 54.5 Å². The van der Waals surface area contributed by atoms with Gasteiger partial charge in [0, 0.05) is 9.61 Å². The lowest BCUT2D eigenvalue weighted by atomic mass is 9.95. The molecule has 1 aliphatic rings. The lowest BCUT2D eigenvalue weighted by Gasteiger charge is -2.22. The van der Waals surface area contributed by atoms with Gasteiger partial charge in [0.25, 0.3) is 5.91 Å². The van der Waals surface area contributed by atoms with Gasteiger partial charge in [-0.1, -0.05) is 30.9 Å². The van der Waals surface area contributed by atoms with Gasteiger partial charge in [-0.15, -0.1) is 0 Å². The number of hydrogen-bond donors (Lipinski definition) is 1. The third kappa shape index (κ3) is 4.98. The molecule has 1 aromatic carbocycles. The quantitative estimate of drug-likeness (QED) is 0.623. The lowest BCUT2D eigenvalue weighted by Crippen LogP contribution is -2.38. The topological polar surface area (TPSA) is 55.4 Å². The van der Waals surface area contributed by atoms with E-state index in [4.69, 9.17) is 4.74 Å². The second-order valence-corrected chi connectivity index (χ2v) is 6.62. The average molecular weight is 401 g/mol. The Morgan fingerprint density at radius 1 is 1.29 bits per heavy atom. The zero-order valence-electron chi connectivity index (χ0n) is 12.2. The molecule has 1 fully saturated rings. The maximum absolute atomic E-state index is 12.0. The Labute approximate surface area is 138 Å². The van der Waals surface area contributed by atoms with Crippen molar-refractivity contribution < 1.29 is 14.3 Å². The van der Waals surface area contributed by atoms with Gasteiger partial charge in [-0.3, -0.25) is 4.79 Å². The molecule has 0 bridgehead atoms. The molecule has 0 aromatic heterocycles. The summed E-state index contributed by atoms with van der Waals surface area (Å²) in [5, 5.41) is 2.93.